The number of benzene rings is 3. The molecule has 28 heavy (non-hydrogen) atoms. The van der Waals surface area contributed by atoms with Gasteiger partial charge in [-0.25, -0.2) is 4.99 Å². The fourth-order valence-electron chi connectivity index (χ4n) is 3.32. The summed E-state index contributed by atoms with van der Waals surface area (Å²) in [5, 5.41) is 3.85. The van der Waals surface area contributed by atoms with Gasteiger partial charge in [0.2, 0.25) is 0 Å². The second-order valence-electron chi connectivity index (χ2n) is 6.54. The molecule has 0 saturated heterocycles. The van der Waals surface area contributed by atoms with Crippen molar-refractivity contribution in [2.24, 2.45) is 4.99 Å². The van der Waals surface area contributed by atoms with Gasteiger partial charge in [0, 0.05) is 16.5 Å². The zero-order chi connectivity index (χ0) is 19.7. The van der Waals surface area contributed by atoms with Gasteiger partial charge in [-0.1, -0.05) is 93.7 Å². The lowest BCUT2D eigenvalue weighted by Crippen LogP contribution is -2.39. The Morgan fingerprint density at radius 3 is 2.36 bits per heavy atom. The maximum atomic E-state index is 13.2. The van der Waals surface area contributed by atoms with Crippen LogP contribution in [-0.4, -0.2) is 11.7 Å². The number of rotatable bonds is 4. The molecule has 1 atom stereocenters. The first-order chi connectivity index (χ1) is 13.5. The molecule has 0 aliphatic carbocycles. The van der Waals surface area contributed by atoms with E-state index in [1.807, 2.05) is 66.7 Å². The number of nitrogens with one attached hydrogen (secondary N) is 1. The summed E-state index contributed by atoms with van der Waals surface area (Å²) in [6, 6.07) is 22.6. The molecule has 0 saturated carbocycles. The number of carbonyl (C=O) groups is 1. The second-order valence-corrected chi connectivity index (χ2v) is 8.24. The molecule has 6 heteroatoms. The standard InChI is InChI=1S/C22H15BrCl2N2O/c23-17-11-9-14(10-12-17)20-26-21(28)22(27-20,16-6-2-1-3-7-16)13-15-5-4-8-18(24)19(15)25/h1-12H,13H2,(H,26,27,28). The van der Waals surface area contributed by atoms with Crippen LogP contribution in [0.4, 0.5) is 0 Å². The monoisotopic (exact) mass is 472 g/mol. The maximum Gasteiger partial charge on any atom is 0.258 e. The predicted octanol–water partition coefficient (Wildman–Crippen LogP) is 5.77. The normalized spacial score (nSPS) is 18.7. The highest BCUT2D eigenvalue weighted by molar-refractivity contribution is 9.10. The fraction of sp³-hybridized carbons (Fsp3) is 0.0909. The molecular weight excluding hydrogens is 459 g/mol. The van der Waals surface area contributed by atoms with Gasteiger partial charge in [0.05, 0.1) is 10.0 Å². The van der Waals surface area contributed by atoms with Crippen molar-refractivity contribution in [3.63, 3.8) is 0 Å². The van der Waals surface area contributed by atoms with Crippen LogP contribution in [0, 0.1) is 0 Å². The molecule has 0 radical (unpaired) electrons. The molecule has 3 aromatic rings. The SMILES string of the molecule is O=C1NC(c2ccc(Br)cc2)=NC1(Cc1cccc(Cl)c1Cl)c1ccccc1. The summed E-state index contributed by atoms with van der Waals surface area (Å²) in [6.45, 7) is 0. The van der Waals surface area contributed by atoms with Crippen LogP contribution in [0.1, 0.15) is 16.7 Å². The molecule has 1 aliphatic rings. The number of amides is 1. The van der Waals surface area contributed by atoms with Crippen LogP contribution in [0.15, 0.2) is 82.3 Å². The average Bonchev–Trinajstić information content (AvgIpc) is 3.04. The van der Waals surface area contributed by atoms with Crippen molar-refractivity contribution in [1.82, 2.24) is 5.32 Å². The third-order valence-electron chi connectivity index (χ3n) is 4.76. The van der Waals surface area contributed by atoms with E-state index in [1.54, 1.807) is 6.07 Å². The zero-order valence-electron chi connectivity index (χ0n) is 14.6. The number of aliphatic imine (C=N–C) groups is 1. The molecule has 4 rings (SSSR count). The Hall–Kier alpha value is -2.14. The van der Waals surface area contributed by atoms with Crippen LogP contribution < -0.4 is 5.32 Å². The summed E-state index contributed by atoms with van der Waals surface area (Å²) in [4.78, 5) is 18.1. The minimum atomic E-state index is -1.11. The van der Waals surface area contributed by atoms with Crippen molar-refractivity contribution in [3.8, 4) is 0 Å². The van der Waals surface area contributed by atoms with Crippen LogP contribution >= 0.6 is 39.1 Å². The van der Waals surface area contributed by atoms with E-state index in [4.69, 9.17) is 28.2 Å². The lowest BCUT2D eigenvalue weighted by atomic mass is 9.84. The first kappa shape index (κ1) is 19.2. The number of amidine groups is 1. The number of hydrogen-bond donors (Lipinski definition) is 1. The maximum absolute atomic E-state index is 13.2. The Bertz CT molecular complexity index is 1070. The van der Waals surface area contributed by atoms with E-state index in [0.29, 0.717) is 22.3 Å². The molecule has 140 valence electrons. The van der Waals surface area contributed by atoms with E-state index in [-0.39, 0.29) is 5.91 Å². The van der Waals surface area contributed by atoms with Gasteiger partial charge in [-0.05, 0) is 29.3 Å². The van der Waals surface area contributed by atoms with Crippen molar-refractivity contribution in [2.75, 3.05) is 0 Å². The van der Waals surface area contributed by atoms with Crippen molar-refractivity contribution in [2.45, 2.75) is 12.0 Å². The number of nitrogens with zero attached hydrogens (tertiary/aromatic N) is 1. The van der Waals surface area contributed by atoms with E-state index in [1.165, 1.54) is 0 Å². The number of carbonyl (C=O) groups excluding carboxylic acids is 1. The Labute approximate surface area is 181 Å². The zero-order valence-corrected chi connectivity index (χ0v) is 17.7. The molecule has 0 aromatic heterocycles. The van der Waals surface area contributed by atoms with Crippen molar-refractivity contribution < 1.29 is 4.79 Å². The van der Waals surface area contributed by atoms with E-state index >= 15 is 0 Å². The number of halogens is 3. The minimum Gasteiger partial charge on any atom is -0.308 e. The van der Waals surface area contributed by atoms with Crippen LogP contribution in [0.2, 0.25) is 10.0 Å². The Morgan fingerprint density at radius 2 is 1.64 bits per heavy atom. The summed E-state index contributed by atoms with van der Waals surface area (Å²) in [5.41, 5.74) is 1.30. The molecule has 3 nitrogen and oxygen atoms in total. The second kappa shape index (κ2) is 7.70. The van der Waals surface area contributed by atoms with Gasteiger partial charge < -0.3 is 5.32 Å². The van der Waals surface area contributed by atoms with Crippen molar-refractivity contribution >= 4 is 50.9 Å². The average molecular weight is 474 g/mol. The summed E-state index contributed by atoms with van der Waals surface area (Å²) < 4.78 is 0.959. The molecular formula is C22H15BrCl2N2O. The summed E-state index contributed by atoms with van der Waals surface area (Å²) in [5.74, 6) is 0.354. The Kier molecular flexibility index (Phi) is 5.28. The molecule has 0 bridgehead atoms. The minimum absolute atomic E-state index is 0.187. The van der Waals surface area contributed by atoms with Crippen molar-refractivity contribution in [1.29, 1.82) is 0 Å². The third-order valence-corrected chi connectivity index (χ3v) is 6.14. The van der Waals surface area contributed by atoms with Gasteiger partial charge in [0.15, 0.2) is 5.54 Å². The highest BCUT2D eigenvalue weighted by atomic mass is 79.9. The molecule has 0 spiro atoms. The fourth-order valence-corrected chi connectivity index (χ4v) is 3.97. The summed E-state index contributed by atoms with van der Waals surface area (Å²) >= 11 is 16.0. The Balaban J connectivity index is 1.85. The first-order valence-electron chi connectivity index (χ1n) is 8.65. The molecule has 3 aromatic carbocycles. The van der Waals surface area contributed by atoms with Crippen LogP contribution in [0.3, 0.4) is 0 Å². The molecule has 1 N–H and O–H groups in total. The molecule has 1 unspecified atom stereocenters. The summed E-state index contributed by atoms with van der Waals surface area (Å²) in [7, 11) is 0. The topological polar surface area (TPSA) is 41.5 Å². The van der Waals surface area contributed by atoms with E-state index < -0.39 is 5.54 Å². The predicted molar refractivity (Wildman–Crippen MR) is 117 cm³/mol. The van der Waals surface area contributed by atoms with Gasteiger partial charge in [0.1, 0.15) is 5.84 Å². The first-order valence-corrected chi connectivity index (χ1v) is 10.2. The molecule has 1 heterocycles. The quantitative estimate of drug-likeness (QED) is 0.513. The summed E-state index contributed by atoms with van der Waals surface area (Å²) in [6.07, 6.45) is 0.308. The molecule has 1 aliphatic heterocycles. The Morgan fingerprint density at radius 1 is 0.929 bits per heavy atom. The molecule has 1 amide bonds. The molecule has 0 fully saturated rings. The van der Waals surface area contributed by atoms with E-state index in [2.05, 4.69) is 21.2 Å². The highest BCUT2D eigenvalue weighted by Gasteiger charge is 2.45. The van der Waals surface area contributed by atoms with Gasteiger partial charge in [-0.15, -0.1) is 0 Å². The van der Waals surface area contributed by atoms with Crippen molar-refractivity contribution in [3.05, 3.63) is 104 Å². The number of hydrogen-bond acceptors (Lipinski definition) is 2. The van der Waals surface area contributed by atoms with E-state index in [9.17, 15) is 4.79 Å². The smallest absolute Gasteiger partial charge is 0.258 e. The van der Waals surface area contributed by atoms with Gasteiger partial charge >= 0.3 is 0 Å². The lowest BCUT2D eigenvalue weighted by molar-refractivity contribution is -0.124. The van der Waals surface area contributed by atoms with Crippen LogP contribution in [0.25, 0.3) is 0 Å². The largest absolute Gasteiger partial charge is 0.308 e. The van der Waals surface area contributed by atoms with Gasteiger partial charge in [-0.3, -0.25) is 4.79 Å². The highest BCUT2D eigenvalue weighted by Crippen LogP contribution is 2.38. The lowest BCUT2D eigenvalue weighted by Gasteiger charge is -2.24. The van der Waals surface area contributed by atoms with Gasteiger partial charge in [0.25, 0.3) is 5.91 Å². The van der Waals surface area contributed by atoms with Gasteiger partial charge in [-0.2, -0.15) is 0 Å². The van der Waals surface area contributed by atoms with E-state index in [0.717, 1.165) is 21.2 Å². The van der Waals surface area contributed by atoms with Crippen LogP contribution in [-0.2, 0) is 16.8 Å². The third kappa shape index (κ3) is 3.48. The van der Waals surface area contributed by atoms with Crippen LogP contribution in [0.5, 0.6) is 0 Å².